The van der Waals surface area contributed by atoms with E-state index in [0.717, 1.165) is 50.0 Å². The molecule has 1 heterocycles. The lowest BCUT2D eigenvalue weighted by Gasteiger charge is -2.35. The summed E-state index contributed by atoms with van der Waals surface area (Å²) in [6, 6.07) is 8.40. The van der Waals surface area contributed by atoms with Gasteiger partial charge in [-0.05, 0) is 30.5 Å². The van der Waals surface area contributed by atoms with Gasteiger partial charge in [0.25, 0.3) is 0 Å². The molecule has 1 aromatic rings. The number of anilines is 1. The first-order chi connectivity index (χ1) is 9.22. The number of aliphatic hydroxyl groups is 1. The van der Waals surface area contributed by atoms with Crippen molar-refractivity contribution in [2.45, 2.75) is 25.0 Å². The van der Waals surface area contributed by atoms with Crippen LogP contribution in [-0.4, -0.2) is 53.7 Å². The smallest absolute Gasteiger partial charge is 0.0916 e. The first-order valence-corrected chi connectivity index (χ1v) is 7.22. The van der Waals surface area contributed by atoms with Gasteiger partial charge in [0.1, 0.15) is 0 Å². The van der Waals surface area contributed by atoms with Gasteiger partial charge in [-0.2, -0.15) is 0 Å². The monoisotopic (exact) mass is 261 g/mol. The molecule has 1 atom stereocenters. The predicted molar refractivity (Wildman–Crippen MR) is 76.8 cm³/mol. The number of benzene rings is 1. The summed E-state index contributed by atoms with van der Waals surface area (Å²) in [6.45, 7) is 5.17. The van der Waals surface area contributed by atoms with Gasteiger partial charge in [0, 0.05) is 44.5 Å². The van der Waals surface area contributed by atoms with Gasteiger partial charge in [-0.15, -0.1) is 0 Å². The third-order valence-corrected chi connectivity index (χ3v) is 4.22. The molecule has 0 amide bonds. The fraction of sp³-hybridized carbons (Fsp3) is 0.600. The summed E-state index contributed by atoms with van der Waals surface area (Å²) in [7, 11) is 0. The van der Waals surface area contributed by atoms with Crippen molar-refractivity contribution in [1.82, 2.24) is 9.80 Å². The first kappa shape index (κ1) is 12.9. The summed E-state index contributed by atoms with van der Waals surface area (Å²) in [5.41, 5.74) is 7.36. The number of aliphatic hydroxyl groups excluding tert-OH is 1. The first-order valence-electron chi connectivity index (χ1n) is 7.22. The fourth-order valence-electron chi connectivity index (χ4n) is 2.82. The number of β-amino-alcohol motifs (C(OH)–C–C–N with tert-alkyl or cyclic N) is 1. The number of rotatable bonds is 4. The second-order valence-corrected chi connectivity index (χ2v) is 5.75. The molecule has 0 bridgehead atoms. The van der Waals surface area contributed by atoms with Crippen LogP contribution < -0.4 is 5.73 Å². The number of hydrogen-bond donors (Lipinski definition) is 2. The molecular formula is C15H23N3O. The third kappa shape index (κ3) is 3.26. The van der Waals surface area contributed by atoms with E-state index in [1.807, 2.05) is 24.3 Å². The average Bonchev–Trinajstić information content (AvgIpc) is 3.25. The van der Waals surface area contributed by atoms with Gasteiger partial charge in [0.05, 0.1) is 6.10 Å². The standard InChI is InChI=1S/C15H23N3O/c16-13-3-1-12(2-4-13)15(19)11-17-7-9-18(10-8-17)14-5-6-14/h1-4,14-15,19H,5-11,16H2. The van der Waals surface area contributed by atoms with Crippen molar-refractivity contribution in [3.05, 3.63) is 29.8 Å². The summed E-state index contributed by atoms with van der Waals surface area (Å²) >= 11 is 0. The average molecular weight is 261 g/mol. The van der Waals surface area contributed by atoms with Crippen LogP contribution in [0.1, 0.15) is 24.5 Å². The molecule has 4 heteroatoms. The Balaban J connectivity index is 1.49. The Kier molecular flexibility index (Phi) is 3.73. The summed E-state index contributed by atoms with van der Waals surface area (Å²) in [5.74, 6) is 0. The molecule has 1 saturated carbocycles. The number of nitrogens with two attached hydrogens (primary N) is 1. The number of piperazine rings is 1. The highest BCUT2D eigenvalue weighted by molar-refractivity contribution is 5.39. The highest BCUT2D eigenvalue weighted by Gasteiger charge is 2.31. The normalized spacial score (nSPS) is 23.4. The van der Waals surface area contributed by atoms with E-state index in [1.54, 1.807) is 0 Å². The zero-order valence-corrected chi connectivity index (χ0v) is 11.3. The van der Waals surface area contributed by atoms with Crippen molar-refractivity contribution in [2.24, 2.45) is 0 Å². The lowest BCUT2D eigenvalue weighted by Crippen LogP contribution is -2.48. The molecule has 1 unspecified atom stereocenters. The van der Waals surface area contributed by atoms with Crippen molar-refractivity contribution in [3.8, 4) is 0 Å². The van der Waals surface area contributed by atoms with Crippen LogP contribution in [0.4, 0.5) is 5.69 Å². The highest BCUT2D eigenvalue weighted by atomic mass is 16.3. The van der Waals surface area contributed by atoms with E-state index < -0.39 is 6.10 Å². The Hall–Kier alpha value is -1.10. The SMILES string of the molecule is Nc1ccc(C(O)CN2CCN(C3CC3)CC2)cc1. The van der Waals surface area contributed by atoms with Crippen molar-refractivity contribution in [1.29, 1.82) is 0 Å². The zero-order chi connectivity index (χ0) is 13.2. The van der Waals surface area contributed by atoms with Crippen molar-refractivity contribution < 1.29 is 5.11 Å². The molecule has 1 aliphatic carbocycles. The molecule has 1 aromatic carbocycles. The molecule has 1 saturated heterocycles. The molecule has 4 nitrogen and oxygen atoms in total. The van der Waals surface area contributed by atoms with Gasteiger partial charge >= 0.3 is 0 Å². The summed E-state index contributed by atoms with van der Waals surface area (Å²) in [6.07, 6.45) is 2.36. The fourth-order valence-corrected chi connectivity index (χ4v) is 2.82. The molecule has 104 valence electrons. The van der Waals surface area contributed by atoms with Crippen molar-refractivity contribution in [2.75, 3.05) is 38.5 Å². The van der Waals surface area contributed by atoms with Gasteiger partial charge < -0.3 is 10.8 Å². The molecule has 0 spiro atoms. The molecule has 1 aliphatic heterocycles. The lowest BCUT2D eigenvalue weighted by molar-refractivity contribution is 0.0700. The van der Waals surface area contributed by atoms with E-state index in [9.17, 15) is 5.11 Å². The van der Waals surface area contributed by atoms with Crippen LogP contribution in [0.3, 0.4) is 0 Å². The lowest BCUT2D eigenvalue weighted by atomic mass is 10.1. The molecule has 19 heavy (non-hydrogen) atoms. The van der Waals surface area contributed by atoms with Gasteiger partial charge in [0.2, 0.25) is 0 Å². The largest absolute Gasteiger partial charge is 0.399 e. The molecular weight excluding hydrogens is 238 g/mol. The van der Waals surface area contributed by atoms with Crippen molar-refractivity contribution >= 4 is 5.69 Å². The van der Waals surface area contributed by atoms with Crippen LogP contribution >= 0.6 is 0 Å². The minimum absolute atomic E-state index is 0.409. The Morgan fingerprint density at radius 2 is 1.74 bits per heavy atom. The van der Waals surface area contributed by atoms with Crippen LogP contribution in [0.2, 0.25) is 0 Å². The number of hydrogen-bond acceptors (Lipinski definition) is 4. The number of nitrogens with zero attached hydrogens (tertiary/aromatic N) is 2. The van der Waals surface area contributed by atoms with E-state index in [4.69, 9.17) is 5.73 Å². The minimum atomic E-state index is -0.409. The Bertz CT molecular complexity index is 408. The summed E-state index contributed by atoms with van der Waals surface area (Å²) in [5, 5.41) is 10.3. The van der Waals surface area contributed by atoms with Crippen LogP contribution in [0.15, 0.2) is 24.3 Å². The quantitative estimate of drug-likeness (QED) is 0.797. The van der Waals surface area contributed by atoms with E-state index in [2.05, 4.69) is 9.80 Å². The van der Waals surface area contributed by atoms with E-state index in [0.29, 0.717) is 0 Å². The molecule has 3 N–H and O–H groups in total. The Morgan fingerprint density at radius 3 is 2.32 bits per heavy atom. The van der Waals surface area contributed by atoms with Crippen LogP contribution in [0, 0.1) is 0 Å². The second kappa shape index (κ2) is 5.49. The maximum atomic E-state index is 10.3. The third-order valence-electron chi connectivity index (χ3n) is 4.22. The topological polar surface area (TPSA) is 52.7 Å². The minimum Gasteiger partial charge on any atom is -0.399 e. The van der Waals surface area contributed by atoms with Crippen LogP contribution in [-0.2, 0) is 0 Å². The molecule has 2 aliphatic rings. The molecule has 2 fully saturated rings. The van der Waals surface area contributed by atoms with Gasteiger partial charge in [-0.25, -0.2) is 0 Å². The van der Waals surface area contributed by atoms with E-state index in [-0.39, 0.29) is 0 Å². The highest BCUT2D eigenvalue weighted by Crippen LogP contribution is 2.27. The van der Waals surface area contributed by atoms with E-state index >= 15 is 0 Å². The second-order valence-electron chi connectivity index (χ2n) is 5.75. The maximum absolute atomic E-state index is 10.3. The van der Waals surface area contributed by atoms with Gasteiger partial charge in [0.15, 0.2) is 0 Å². The van der Waals surface area contributed by atoms with Crippen LogP contribution in [0.5, 0.6) is 0 Å². The summed E-state index contributed by atoms with van der Waals surface area (Å²) < 4.78 is 0. The Labute approximate surface area is 114 Å². The Morgan fingerprint density at radius 1 is 1.11 bits per heavy atom. The van der Waals surface area contributed by atoms with Crippen molar-refractivity contribution in [3.63, 3.8) is 0 Å². The zero-order valence-electron chi connectivity index (χ0n) is 11.3. The van der Waals surface area contributed by atoms with Crippen LogP contribution in [0.25, 0.3) is 0 Å². The van der Waals surface area contributed by atoms with Gasteiger partial charge in [-0.3, -0.25) is 9.80 Å². The van der Waals surface area contributed by atoms with E-state index in [1.165, 1.54) is 12.8 Å². The predicted octanol–water partition coefficient (Wildman–Crippen LogP) is 1.08. The number of nitrogen functional groups attached to an aromatic ring is 1. The summed E-state index contributed by atoms with van der Waals surface area (Å²) in [4.78, 5) is 4.95. The molecule has 0 radical (unpaired) electrons. The maximum Gasteiger partial charge on any atom is 0.0916 e. The molecule has 3 rings (SSSR count). The molecule has 0 aromatic heterocycles. The van der Waals surface area contributed by atoms with Gasteiger partial charge in [-0.1, -0.05) is 12.1 Å².